The Hall–Kier alpha value is -2.93. The minimum Gasteiger partial charge on any atom is -0.467 e. The lowest BCUT2D eigenvalue weighted by Gasteiger charge is -2.05. The molecule has 27 heavy (non-hydrogen) atoms. The normalized spacial score (nSPS) is 11.7. The predicted molar refractivity (Wildman–Crippen MR) is 107 cm³/mol. The SMILES string of the molecule is Cc1c(C)n(Cc2ccco2)c2ncn3nc(-c4ccccc4Br)nc3c12. The minimum absolute atomic E-state index is 0.636. The zero-order chi connectivity index (χ0) is 18.5. The van der Waals surface area contributed by atoms with E-state index >= 15 is 0 Å². The van der Waals surface area contributed by atoms with Crippen LogP contribution in [0.15, 0.2) is 57.9 Å². The van der Waals surface area contributed by atoms with E-state index in [0.717, 1.165) is 43.7 Å². The Morgan fingerprint density at radius 3 is 2.70 bits per heavy atom. The lowest BCUT2D eigenvalue weighted by atomic mass is 10.2. The van der Waals surface area contributed by atoms with Crippen LogP contribution in [0.3, 0.4) is 0 Å². The summed E-state index contributed by atoms with van der Waals surface area (Å²) in [6.07, 6.45) is 3.42. The number of fused-ring (bicyclic) bond motifs is 3. The zero-order valence-corrected chi connectivity index (χ0v) is 16.4. The van der Waals surface area contributed by atoms with Crippen molar-refractivity contribution in [3.63, 3.8) is 0 Å². The molecule has 134 valence electrons. The van der Waals surface area contributed by atoms with Gasteiger partial charge in [-0.15, -0.1) is 5.10 Å². The third-order valence-corrected chi connectivity index (χ3v) is 5.65. The summed E-state index contributed by atoms with van der Waals surface area (Å²) in [6, 6.07) is 11.8. The molecule has 0 aliphatic rings. The fourth-order valence-electron chi connectivity index (χ4n) is 3.44. The van der Waals surface area contributed by atoms with Crippen LogP contribution in [0.25, 0.3) is 28.1 Å². The first-order valence-electron chi connectivity index (χ1n) is 8.61. The number of furan rings is 1. The second-order valence-electron chi connectivity index (χ2n) is 6.50. The molecule has 4 heterocycles. The van der Waals surface area contributed by atoms with Gasteiger partial charge in [0.2, 0.25) is 0 Å². The molecule has 0 saturated carbocycles. The van der Waals surface area contributed by atoms with E-state index in [1.54, 1.807) is 17.1 Å². The van der Waals surface area contributed by atoms with Gasteiger partial charge in [0.1, 0.15) is 17.7 Å². The smallest absolute Gasteiger partial charge is 0.183 e. The molecule has 0 N–H and O–H groups in total. The summed E-state index contributed by atoms with van der Waals surface area (Å²) in [5, 5.41) is 5.66. The van der Waals surface area contributed by atoms with Gasteiger partial charge >= 0.3 is 0 Å². The number of hydrogen-bond donors (Lipinski definition) is 0. The molecule has 0 spiro atoms. The van der Waals surface area contributed by atoms with Crippen LogP contribution < -0.4 is 0 Å². The van der Waals surface area contributed by atoms with Crippen LogP contribution in [0, 0.1) is 13.8 Å². The standard InChI is InChI=1S/C20H16BrN5O/c1-12-13(2)25(10-14-6-5-9-27-14)19-17(12)20-23-18(24-26(20)11-22-19)15-7-3-4-8-16(15)21/h3-9,11H,10H2,1-2H3. The van der Waals surface area contributed by atoms with Crippen molar-refractivity contribution in [3.05, 3.63) is 70.5 Å². The van der Waals surface area contributed by atoms with E-state index in [1.807, 2.05) is 36.4 Å². The highest BCUT2D eigenvalue weighted by Crippen LogP contribution is 2.30. The molecule has 0 radical (unpaired) electrons. The molecule has 0 unspecified atom stereocenters. The fourth-order valence-corrected chi connectivity index (χ4v) is 3.90. The number of rotatable bonds is 3. The lowest BCUT2D eigenvalue weighted by molar-refractivity contribution is 0.494. The van der Waals surface area contributed by atoms with Gasteiger partial charge in [-0.1, -0.05) is 28.1 Å². The third-order valence-electron chi connectivity index (χ3n) is 4.95. The van der Waals surface area contributed by atoms with Crippen molar-refractivity contribution >= 4 is 32.6 Å². The van der Waals surface area contributed by atoms with Gasteiger partial charge in [0.15, 0.2) is 11.5 Å². The van der Waals surface area contributed by atoms with Crippen LogP contribution in [-0.2, 0) is 6.54 Å². The summed E-state index contributed by atoms with van der Waals surface area (Å²) in [5.74, 6) is 1.57. The quantitative estimate of drug-likeness (QED) is 0.421. The van der Waals surface area contributed by atoms with Gasteiger partial charge < -0.3 is 8.98 Å². The first-order valence-corrected chi connectivity index (χ1v) is 9.41. The Balaban J connectivity index is 1.74. The van der Waals surface area contributed by atoms with Crippen molar-refractivity contribution in [3.8, 4) is 11.4 Å². The summed E-state index contributed by atoms with van der Waals surface area (Å²) < 4.78 is 10.4. The zero-order valence-electron chi connectivity index (χ0n) is 14.8. The second kappa shape index (κ2) is 6.06. The number of aryl methyl sites for hydroxylation is 1. The molecule has 0 bridgehead atoms. The number of nitrogens with zero attached hydrogens (tertiary/aromatic N) is 5. The number of hydrogen-bond acceptors (Lipinski definition) is 4. The molecule has 0 fully saturated rings. The highest BCUT2D eigenvalue weighted by atomic mass is 79.9. The van der Waals surface area contributed by atoms with E-state index in [2.05, 4.69) is 44.4 Å². The average molecular weight is 422 g/mol. The minimum atomic E-state index is 0.636. The van der Waals surface area contributed by atoms with Gasteiger partial charge in [0.25, 0.3) is 0 Å². The van der Waals surface area contributed by atoms with Crippen molar-refractivity contribution in [2.45, 2.75) is 20.4 Å². The maximum atomic E-state index is 5.53. The molecule has 0 aliphatic carbocycles. The maximum absolute atomic E-state index is 5.53. The van der Waals surface area contributed by atoms with Crippen LogP contribution in [0.4, 0.5) is 0 Å². The number of benzene rings is 1. The number of halogens is 1. The monoisotopic (exact) mass is 421 g/mol. The Morgan fingerprint density at radius 2 is 1.93 bits per heavy atom. The van der Waals surface area contributed by atoms with Crippen LogP contribution >= 0.6 is 15.9 Å². The average Bonchev–Trinajstić information content (AvgIpc) is 3.38. The molecule has 4 aromatic heterocycles. The Bertz CT molecular complexity index is 1280. The van der Waals surface area contributed by atoms with Gasteiger partial charge in [0, 0.05) is 15.7 Å². The molecule has 0 atom stereocenters. The van der Waals surface area contributed by atoms with Crippen LogP contribution in [0.2, 0.25) is 0 Å². The van der Waals surface area contributed by atoms with Crippen LogP contribution in [0.5, 0.6) is 0 Å². The highest BCUT2D eigenvalue weighted by Gasteiger charge is 2.19. The Morgan fingerprint density at radius 1 is 1.07 bits per heavy atom. The molecular weight excluding hydrogens is 406 g/mol. The first-order chi connectivity index (χ1) is 13.1. The summed E-state index contributed by atoms with van der Waals surface area (Å²) in [7, 11) is 0. The fraction of sp³-hybridized carbons (Fsp3) is 0.150. The lowest BCUT2D eigenvalue weighted by Crippen LogP contribution is -2.02. The van der Waals surface area contributed by atoms with E-state index in [0.29, 0.717) is 12.4 Å². The number of aromatic nitrogens is 5. The van der Waals surface area contributed by atoms with Gasteiger partial charge in [-0.2, -0.15) is 0 Å². The third kappa shape index (κ3) is 2.49. The van der Waals surface area contributed by atoms with E-state index in [-0.39, 0.29) is 0 Å². The Kier molecular flexibility index (Phi) is 3.65. The van der Waals surface area contributed by atoms with E-state index in [9.17, 15) is 0 Å². The maximum Gasteiger partial charge on any atom is 0.183 e. The summed E-state index contributed by atoms with van der Waals surface area (Å²) in [5.41, 5.74) is 4.96. The molecule has 0 saturated heterocycles. The van der Waals surface area contributed by atoms with E-state index in [1.165, 1.54) is 0 Å². The van der Waals surface area contributed by atoms with Crippen molar-refractivity contribution < 1.29 is 4.42 Å². The van der Waals surface area contributed by atoms with Gasteiger partial charge in [0.05, 0.1) is 18.2 Å². The molecule has 0 aliphatic heterocycles. The second-order valence-corrected chi connectivity index (χ2v) is 7.36. The molecule has 7 heteroatoms. The largest absolute Gasteiger partial charge is 0.467 e. The molecule has 6 nitrogen and oxygen atoms in total. The van der Waals surface area contributed by atoms with Crippen molar-refractivity contribution in [2.24, 2.45) is 0 Å². The molecular formula is C20H16BrN5O. The summed E-state index contributed by atoms with van der Waals surface area (Å²) in [4.78, 5) is 9.50. The summed E-state index contributed by atoms with van der Waals surface area (Å²) in [6.45, 7) is 4.84. The van der Waals surface area contributed by atoms with Gasteiger partial charge in [-0.3, -0.25) is 0 Å². The highest BCUT2D eigenvalue weighted by molar-refractivity contribution is 9.10. The van der Waals surface area contributed by atoms with Crippen molar-refractivity contribution in [1.82, 2.24) is 24.1 Å². The molecule has 0 amide bonds. The molecule has 5 rings (SSSR count). The summed E-state index contributed by atoms with van der Waals surface area (Å²) >= 11 is 3.58. The molecule has 5 aromatic rings. The molecule has 1 aromatic carbocycles. The first kappa shape index (κ1) is 16.3. The van der Waals surface area contributed by atoms with Crippen LogP contribution in [-0.4, -0.2) is 24.1 Å². The van der Waals surface area contributed by atoms with E-state index < -0.39 is 0 Å². The van der Waals surface area contributed by atoms with Crippen molar-refractivity contribution in [1.29, 1.82) is 0 Å². The topological polar surface area (TPSA) is 61.2 Å². The predicted octanol–water partition coefficient (Wildman–Crippen LogP) is 4.77. The van der Waals surface area contributed by atoms with E-state index in [4.69, 9.17) is 9.40 Å². The van der Waals surface area contributed by atoms with Crippen LogP contribution in [0.1, 0.15) is 17.0 Å². The van der Waals surface area contributed by atoms with Crippen molar-refractivity contribution in [2.75, 3.05) is 0 Å². The Labute approximate surface area is 163 Å². The van der Waals surface area contributed by atoms with Gasteiger partial charge in [-0.25, -0.2) is 14.5 Å². The van der Waals surface area contributed by atoms with Gasteiger partial charge in [-0.05, 0) is 43.7 Å².